The summed E-state index contributed by atoms with van der Waals surface area (Å²) in [6, 6.07) is 1.05. The fraction of sp³-hybridized carbons (Fsp3) is 0.571. The average molecular weight is 455 g/mol. The molecule has 3 aliphatic rings. The Hall–Kier alpha value is -2.29. The highest BCUT2D eigenvalue weighted by atomic mass is 35.5. The Kier molecular flexibility index (Phi) is 4.73. The number of hydrogen-bond donors (Lipinski definition) is 0. The largest absolute Gasteiger partial charge is 0.419 e. The van der Waals surface area contributed by atoms with Crippen molar-refractivity contribution in [3.63, 3.8) is 0 Å². The Labute approximate surface area is 182 Å². The average Bonchev–Trinajstić information content (AvgIpc) is 3.45. The van der Waals surface area contributed by atoms with Crippen molar-refractivity contribution in [1.29, 1.82) is 0 Å². The molecular formula is C21H22ClF3N4O2. The molecule has 31 heavy (non-hydrogen) atoms. The number of piperazine rings is 1. The zero-order valence-corrected chi connectivity index (χ0v) is 17.7. The van der Waals surface area contributed by atoms with Crippen molar-refractivity contribution >= 4 is 29.1 Å². The summed E-state index contributed by atoms with van der Waals surface area (Å²) in [6.45, 7) is 2.10. The fourth-order valence-corrected chi connectivity index (χ4v) is 4.71. The zero-order chi connectivity index (χ0) is 22.1. The van der Waals surface area contributed by atoms with Crippen LogP contribution in [0.4, 0.5) is 13.2 Å². The molecule has 0 bridgehead atoms. The Bertz CT molecular complexity index is 1070. The number of carbonyl (C=O) groups excluding carboxylic acids is 2. The van der Waals surface area contributed by atoms with E-state index in [4.69, 9.17) is 11.6 Å². The topological polar surface area (TPSA) is 57.9 Å². The van der Waals surface area contributed by atoms with E-state index in [-0.39, 0.29) is 41.3 Å². The van der Waals surface area contributed by atoms with Crippen molar-refractivity contribution < 1.29 is 22.8 Å². The van der Waals surface area contributed by atoms with Crippen LogP contribution in [-0.2, 0) is 11.0 Å². The summed E-state index contributed by atoms with van der Waals surface area (Å²) < 4.78 is 42.3. The molecule has 1 saturated heterocycles. The molecule has 0 spiro atoms. The number of fused-ring (bicyclic) bond motifs is 1. The predicted molar refractivity (Wildman–Crippen MR) is 107 cm³/mol. The summed E-state index contributed by atoms with van der Waals surface area (Å²) in [7, 11) is 0. The molecule has 0 N–H and O–H groups in total. The monoisotopic (exact) mass is 454 g/mol. The SMILES string of the molecule is C[C@H]1CN(C2CCC2)C(=O)CN1C(=O)c1nc2c(C(F)(F)F)cc(C3CC3)cn2c1Cl. The smallest absolute Gasteiger partial charge is 0.336 e. The molecule has 166 valence electrons. The van der Waals surface area contributed by atoms with Crippen molar-refractivity contribution in [3.8, 4) is 0 Å². The number of rotatable bonds is 3. The molecule has 6 nitrogen and oxygen atoms in total. The van der Waals surface area contributed by atoms with Crippen LogP contribution >= 0.6 is 11.6 Å². The number of amides is 2. The van der Waals surface area contributed by atoms with Crippen LogP contribution in [0.5, 0.6) is 0 Å². The van der Waals surface area contributed by atoms with Crippen LogP contribution < -0.4 is 0 Å². The zero-order valence-electron chi connectivity index (χ0n) is 17.0. The number of imidazole rings is 1. The van der Waals surface area contributed by atoms with E-state index in [0.29, 0.717) is 12.1 Å². The van der Waals surface area contributed by atoms with E-state index in [2.05, 4.69) is 4.98 Å². The molecule has 3 fully saturated rings. The van der Waals surface area contributed by atoms with E-state index in [0.717, 1.165) is 42.6 Å². The molecule has 5 rings (SSSR count). The molecule has 0 radical (unpaired) electrons. The van der Waals surface area contributed by atoms with E-state index < -0.39 is 23.3 Å². The minimum absolute atomic E-state index is 0.0698. The van der Waals surface area contributed by atoms with Crippen molar-refractivity contribution in [2.45, 2.75) is 63.2 Å². The van der Waals surface area contributed by atoms with Gasteiger partial charge in [-0.15, -0.1) is 0 Å². The molecule has 2 amide bonds. The van der Waals surface area contributed by atoms with Crippen LogP contribution in [0.2, 0.25) is 5.15 Å². The van der Waals surface area contributed by atoms with Crippen LogP contribution in [0.3, 0.4) is 0 Å². The van der Waals surface area contributed by atoms with Crippen LogP contribution in [0.1, 0.15) is 66.6 Å². The molecule has 10 heteroatoms. The third-order valence-corrected chi connectivity index (χ3v) is 7.00. The maximum Gasteiger partial charge on any atom is 0.419 e. The Morgan fingerprint density at radius 2 is 1.94 bits per heavy atom. The van der Waals surface area contributed by atoms with Crippen molar-refractivity contribution in [1.82, 2.24) is 19.2 Å². The van der Waals surface area contributed by atoms with Gasteiger partial charge < -0.3 is 9.80 Å². The van der Waals surface area contributed by atoms with Gasteiger partial charge in [-0.05, 0) is 56.6 Å². The van der Waals surface area contributed by atoms with Gasteiger partial charge in [0.25, 0.3) is 5.91 Å². The van der Waals surface area contributed by atoms with E-state index >= 15 is 0 Å². The highest BCUT2D eigenvalue weighted by molar-refractivity contribution is 6.33. The number of aromatic nitrogens is 2. The Morgan fingerprint density at radius 1 is 1.23 bits per heavy atom. The lowest BCUT2D eigenvalue weighted by molar-refractivity contribution is -0.141. The third-order valence-electron chi connectivity index (χ3n) is 6.63. The van der Waals surface area contributed by atoms with Crippen molar-refractivity contribution in [2.75, 3.05) is 13.1 Å². The van der Waals surface area contributed by atoms with Gasteiger partial charge in [-0.3, -0.25) is 14.0 Å². The first-order valence-corrected chi connectivity index (χ1v) is 10.9. The van der Waals surface area contributed by atoms with Gasteiger partial charge in [0.15, 0.2) is 11.3 Å². The number of alkyl halides is 3. The van der Waals surface area contributed by atoms with Gasteiger partial charge in [0.05, 0.1) is 5.56 Å². The molecule has 0 aromatic carbocycles. The normalized spacial score (nSPS) is 22.9. The van der Waals surface area contributed by atoms with Gasteiger partial charge in [-0.1, -0.05) is 11.6 Å². The highest BCUT2D eigenvalue weighted by Gasteiger charge is 2.41. The fourth-order valence-electron chi connectivity index (χ4n) is 4.46. The summed E-state index contributed by atoms with van der Waals surface area (Å²) in [5.74, 6) is -0.702. The lowest BCUT2D eigenvalue weighted by Crippen LogP contribution is -2.60. The second kappa shape index (κ2) is 7.12. The maximum atomic E-state index is 13.7. The molecule has 2 aromatic rings. The molecule has 3 heterocycles. The van der Waals surface area contributed by atoms with Crippen LogP contribution in [-0.4, -0.2) is 56.2 Å². The molecular weight excluding hydrogens is 433 g/mol. The molecule has 1 atom stereocenters. The van der Waals surface area contributed by atoms with Gasteiger partial charge in [-0.25, -0.2) is 4.98 Å². The molecule has 1 aliphatic heterocycles. The Balaban J connectivity index is 1.50. The number of nitrogens with zero attached hydrogens (tertiary/aromatic N) is 4. The van der Waals surface area contributed by atoms with Crippen LogP contribution in [0, 0.1) is 0 Å². The van der Waals surface area contributed by atoms with Gasteiger partial charge >= 0.3 is 6.18 Å². The van der Waals surface area contributed by atoms with E-state index in [1.807, 2.05) is 11.8 Å². The first-order valence-electron chi connectivity index (χ1n) is 10.5. The van der Waals surface area contributed by atoms with Crippen LogP contribution in [0.25, 0.3) is 5.65 Å². The van der Waals surface area contributed by atoms with Gasteiger partial charge in [-0.2, -0.15) is 13.2 Å². The Morgan fingerprint density at radius 3 is 2.52 bits per heavy atom. The van der Waals surface area contributed by atoms with E-state index in [1.54, 1.807) is 0 Å². The summed E-state index contributed by atoms with van der Waals surface area (Å²) in [5, 5.41) is -0.158. The lowest BCUT2D eigenvalue weighted by Gasteiger charge is -2.45. The second-order valence-corrected chi connectivity index (χ2v) is 9.17. The quantitative estimate of drug-likeness (QED) is 0.701. The van der Waals surface area contributed by atoms with Crippen molar-refractivity contribution in [2.24, 2.45) is 0 Å². The maximum absolute atomic E-state index is 13.7. The summed E-state index contributed by atoms with van der Waals surface area (Å²) >= 11 is 6.38. The highest BCUT2D eigenvalue weighted by Crippen LogP contribution is 2.43. The number of pyridine rings is 1. The van der Waals surface area contributed by atoms with Gasteiger partial charge in [0, 0.05) is 24.8 Å². The second-order valence-electron chi connectivity index (χ2n) is 8.82. The minimum Gasteiger partial charge on any atom is -0.336 e. The van der Waals surface area contributed by atoms with Crippen molar-refractivity contribution in [3.05, 3.63) is 34.2 Å². The van der Waals surface area contributed by atoms with E-state index in [1.165, 1.54) is 11.1 Å². The number of hydrogen-bond acceptors (Lipinski definition) is 3. The number of halogens is 4. The van der Waals surface area contributed by atoms with Crippen LogP contribution in [0.15, 0.2) is 12.3 Å². The first kappa shape index (κ1) is 20.6. The lowest BCUT2D eigenvalue weighted by atomic mass is 9.90. The van der Waals surface area contributed by atoms with Gasteiger partial charge in [0.1, 0.15) is 11.7 Å². The third kappa shape index (κ3) is 3.46. The summed E-state index contributed by atoms with van der Waals surface area (Å²) in [6.07, 6.45) is 1.59. The predicted octanol–water partition coefficient (Wildman–Crippen LogP) is 4.11. The number of carbonyl (C=O) groups is 2. The molecule has 2 aliphatic carbocycles. The summed E-state index contributed by atoms with van der Waals surface area (Å²) in [4.78, 5) is 33.0. The molecule has 2 aromatic heterocycles. The first-order chi connectivity index (χ1) is 14.6. The van der Waals surface area contributed by atoms with Gasteiger partial charge in [0.2, 0.25) is 5.91 Å². The molecule has 2 saturated carbocycles. The summed E-state index contributed by atoms with van der Waals surface area (Å²) in [5.41, 5.74) is -1.01. The standard InChI is InChI=1S/C21H22ClF3N4O2/c1-11-8-28(14-3-2-4-14)16(30)10-27(11)20(31)17-18(22)29-9-13(12-5-6-12)7-15(19(29)26-17)21(23,24)25/h7,9,11-12,14H,2-6,8,10H2,1H3/t11-/m0/s1. The minimum atomic E-state index is -4.63. The van der Waals surface area contributed by atoms with E-state index in [9.17, 15) is 22.8 Å². The molecule has 0 unspecified atom stereocenters.